The van der Waals surface area contributed by atoms with Gasteiger partial charge in [0.2, 0.25) is 0 Å². The third-order valence-corrected chi connectivity index (χ3v) is 2.47. The summed E-state index contributed by atoms with van der Waals surface area (Å²) in [4.78, 5) is 0. The maximum Gasteiger partial charge on any atom is 0.117 e. The minimum absolute atomic E-state index is 0.0872. The number of furan rings is 1. The second-order valence-electron chi connectivity index (χ2n) is 3.72. The van der Waals surface area contributed by atoms with Crippen molar-refractivity contribution >= 4 is 0 Å². The van der Waals surface area contributed by atoms with E-state index in [9.17, 15) is 0 Å². The quantitative estimate of drug-likeness (QED) is 0.736. The number of rotatable bonds is 3. The molecule has 2 rings (SSSR count). The van der Waals surface area contributed by atoms with Gasteiger partial charge in [-0.05, 0) is 31.9 Å². The molecule has 1 heterocycles. The first-order chi connectivity index (χ1) is 6.24. The molecule has 0 aliphatic heterocycles. The molecule has 0 bridgehead atoms. The third-order valence-electron chi connectivity index (χ3n) is 2.47. The van der Waals surface area contributed by atoms with Gasteiger partial charge in [0.1, 0.15) is 11.5 Å². The lowest BCUT2D eigenvalue weighted by Gasteiger charge is -2.31. The molecule has 1 aliphatic rings. The molecule has 0 unspecified atom stereocenters. The summed E-state index contributed by atoms with van der Waals surface area (Å²) >= 11 is 0. The zero-order valence-electron chi connectivity index (χ0n) is 7.79. The molecule has 13 heavy (non-hydrogen) atoms. The predicted octanol–water partition coefficient (Wildman–Crippen LogP) is 1.20. The lowest BCUT2D eigenvalue weighted by atomic mass is 9.89. The number of aryl methyl sites for hydroxylation is 1. The van der Waals surface area contributed by atoms with Gasteiger partial charge in [0, 0.05) is 6.04 Å². The minimum Gasteiger partial charge on any atom is -0.465 e. The SMILES string of the molecule is Cc1ccc(CNC2CC(O)C2)o1. The van der Waals surface area contributed by atoms with Crippen LogP contribution in [0.1, 0.15) is 24.4 Å². The summed E-state index contributed by atoms with van der Waals surface area (Å²) in [5, 5.41) is 12.4. The Morgan fingerprint density at radius 1 is 1.54 bits per heavy atom. The highest BCUT2D eigenvalue weighted by molar-refractivity contribution is 5.05. The Morgan fingerprint density at radius 3 is 2.85 bits per heavy atom. The molecule has 1 aliphatic carbocycles. The molecular formula is C10H15NO2. The van der Waals surface area contributed by atoms with Crippen molar-refractivity contribution in [3.05, 3.63) is 23.7 Å². The Morgan fingerprint density at radius 2 is 2.31 bits per heavy atom. The van der Waals surface area contributed by atoms with Crippen molar-refractivity contribution in [1.82, 2.24) is 5.32 Å². The molecule has 1 aromatic rings. The van der Waals surface area contributed by atoms with Crippen LogP contribution in [0.2, 0.25) is 0 Å². The summed E-state index contributed by atoms with van der Waals surface area (Å²) in [6.45, 7) is 2.71. The Labute approximate surface area is 77.8 Å². The van der Waals surface area contributed by atoms with Crippen LogP contribution in [0, 0.1) is 6.92 Å². The molecule has 0 saturated heterocycles. The van der Waals surface area contributed by atoms with Gasteiger partial charge in [-0.2, -0.15) is 0 Å². The van der Waals surface area contributed by atoms with Gasteiger partial charge in [0.05, 0.1) is 12.6 Å². The molecule has 1 aromatic heterocycles. The van der Waals surface area contributed by atoms with Crippen LogP contribution in [0.15, 0.2) is 16.5 Å². The number of aliphatic hydroxyl groups is 1. The van der Waals surface area contributed by atoms with Crippen molar-refractivity contribution in [1.29, 1.82) is 0 Å². The number of aliphatic hydroxyl groups excluding tert-OH is 1. The Hall–Kier alpha value is -0.800. The van der Waals surface area contributed by atoms with Gasteiger partial charge in [-0.1, -0.05) is 0 Å². The van der Waals surface area contributed by atoms with E-state index < -0.39 is 0 Å². The monoisotopic (exact) mass is 181 g/mol. The first-order valence-electron chi connectivity index (χ1n) is 4.71. The highest BCUT2D eigenvalue weighted by Gasteiger charge is 2.26. The fourth-order valence-corrected chi connectivity index (χ4v) is 1.58. The normalized spacial score (nSPS) is 27.2. The Balaban J connectivity index is 1.74. The van der Waals surface area contributed by atoms with E-state index in [1.54, 1.807) is 0 Å². The molecule has 72 valence electrons. The summed E-state index contributed by atoms with van der Waals surface area (Å²) in [7, 11) is 0. The smallest absolute Gasteiger partial charge is 0.117 e. The first kappa shape index (κ1) is 8.78. The lowest BCUT2D eigenvalue weighted by Crippen LogP contribution is -2.43. The zero-order valence-corrected chi connectivity index (χ0v) is 7.79. The maximum atomic E-state index is 9.06. The van der Waals surface area contributed by atoms with E-state index in [0.717, 1.165) is 30.9 Å². The van der Waals surface area contributed by atoms with Gasteiger partial charge in [0.15, 0.2) is 0 Å². The topological polar surface area (TPSA) is 45.4 Å². The van der Waals surface area contributed by atoms with Crippen LogP contribution < -0.4 is 5.32 Å². The lowest BCUT2D eigenvalue weighted by molar-refractivity contribution is 0.0611. The van der Waals surface area contributed by atoms with Crippen molar-refractivity contribution in [3.63, 3.8) is 0 Å². The summed E-state index contributed by atoms with van der Waals surface area (Å²) in [6, 6.07) is 4.42. The third kappa shape index (κ3) is 2.11. The van der Waals surface area contributed by atoms with E-state index in [1.807, 2.05) is 19.1 Å². The molecule has 3 heteroatoms. The Kier molecular flexibility index (Phi) is 2.38. The van der Waals surface area contributed by atoms with E-state index in [2.05, 4.69) is 5.32 Å². The molecule has 0 radical (unpaired) electrons. The summed E-state index contributed by atoms with van der Waals surface area (Å²) in [5.41, 5.74) is 0. The van der Waals surface area contributed by atoms with E-state index in [0.29, 0.717) is 6.04 Å². The molecule has 0 aromatic carbocycles. The molecule has 1 saturated carbocycles. The zero-order chi connectivity index (χ0) is 9.26. The van der Waals surface area contributed by atoms with Crippen LogP contribution in [-0.4, -0.2) is 17.3 Å². The van der Waals surface area contributed by atoms with Crippen LogP contribution in [0.25, 0.3) is 0 Å². The van der Waals surface area contributed by atoms with E-state index in [4.69, 9.17) is 9.52 Å². The molecule has 1 fully saturated rings. The number of hydrogen-bond acceptors (Lipinski definition) is 3. The van der Waals surface area contributed by atoms with Crippen molar-refractivity contribution in [3.8, 4) is 0 Å². The molecule has 0 amide bonds. The molecule has 0 spiro atoms. The molecule has 0 atom stereocenters. The van der Waals surface area contributed by atoms with Crippen molar-refractivity contribution in [2.75, 3.05) is 0 Å². The average Bonchev–Trinajstić information content (AvgIpc) is 2.43. The van der Waals surface area contributed by atoms with Crippen molar-refractivity contribution in [2.24, 2.45) is 0 Å². The fourth-order valence-electron chi connectivity index (χ4n) is 1.58. The van der Waals surface area contributed by atoms with Crippen LogP contribution >= 0.6 is 0 Å². The second kappa shape index (κ2) is 3.52. The van der Waals surface area contributed by atoms with Crippen LogP contribution in [-0.2, 0) is 6.54 Å². The molecule has 2 N–H and O–H groups in total. The highest BCUT2D eigenvalue weighted by atomic mass is 16.3. The average molecular weight is 181 g/mol. The first-order valence-corrected chi connectivity index (χ1v) is 4.71. The van der Waals surface area contributed by atoms with Crippen molar-refractivity contribution < 1.29 is 9.52 Å². The maximum absolute atomic E-state index is 9.06. The van der Waals surface area contributed by atoms with Gasteiger partial charge >= 0.3 is 0 Å². The largest absolute Gasteiger partial charge is 0.465 e. The minimum atomic E-state index is -0.0872. The van der Waals surface area contributed by atoms with Crippen LogP contribution in [0.3, 0.4) is 0 Å². The van der Waals surface area contributed by atoms with Gasteiger partial charge in [0.25, 0.3) is 0 Å². The number of nitrogens with one attached hydrogen (secondary N) is 1. The van der Waals surface area contributed by atoms with Gasteiger partial charge in [-0.3, -0.25) is 0 Å². The van der Waals surface area contributed by atoms with Crippen molar-refractivity contribution in [2.45, 2.75) is 38.5 Å². The predicted molar refractivity (Wildman–Crippen MR) is 49.3 cm³/mol. The van der Waals surface area contributed by atoms with Crippen LogP contribution in [0.5, 0.6) is 0 Å². The van der Waals surface area contributed by atoms with E-state index >= 15 is 0 Å². The summed E-state index contributed by atoms with van der Waals surface area (Å²) in [6.07, 6.45) is 1.66. The van der Waals surface area contributed by atoms with Gasteiger partial charge in [-0.15, -0.1) is 0 Å². The summed E-state index contributed by atoms with van der Waals surface area (Å²) in [5.74, 6) is 1.92. The summed E-state index contributed by atoms with van der Waals surface area (Å²) < 4.78 is 5.40. The number of hydrogen-bond donors (Lipinski definition) is 2. The standard InChI is InChI=1S/C10H15NO2/c1-7-2-3-10(13-7)6-11-8-4-9(12)5-8/h2-3,8-9,11-12H,4-6H2,1H3. The molecule has 3 nitrogen and oxygen atoms in total. The van der Waals surface area contributed by atoms with Gasteiger partial charge < -0.3 is 14.8 Å². The van der Waals surface area contributed by atoms with Gasteiger partial charge in [-0.25, -0.2) is 0 Å². The fraction of sp³-hybridized carbons (Fsp3) is 0.600. The molecular weight excluding hydrogens is 166 g/mol. The second-order valence-corrected chi connectivity index (χ2v) is 3.72. The van der Waals surface area contributed by atoms with E-state index in [1.165, 1.54) is 0 Å². The Bertz CT molecular complexity index is 276. The van der Waals surface area contributed by atoms with E-state index in [-0.39, 0.29) is 6.10 Å². The highest BCUT2D eigenvalue weighted by Crippen LogP contribution is 2.19. The van der Waals surface area contributed by atoms with Crippen LogP contribution in [0.4, 0.5) is 0 Å².